The first-order valence-corrected chi connectivity index (χ1v) is 25.9. The molecule has 384 valence electrons. The molecule has 3 unspecified atom stereocenters. The third kappa shape index (κ3) is 17.6. The first-order chi connectivity index (χ1) is 32.5. The molecule has 3 N–H and O–H groups in total. The van der Waals surface area contributed by atoms with Crippen LogP contribution < -0.4 is 22.5 Å². The van der Waals surface area contributed by atoms with Gasteiger partial charge in [-0.25, -0.2) is 33.3 Å². The lowest BCUT2D eigenvalue weighted by Crippen LogP contribution is -2.43. The van der Waals surface area contributed by atoms with Gasteiger partial charge in [-0.1, -0.05) is 13.8 Å². The molecule has 4 rings (SSSR count). The van der Waals surface area contributed by atoms with Gasteiger partial charge in [0.2, 0.25) is 0 Å². The van der Waals surface area contributed by atoms with E-state index in [0.717, 1.165) is 4.57 Å². The van der Waals surface area contributed by atoms with Crippen LogP contribution in [-0.4, -0.2) is 112 Å². The van der Waals surface area contributed by atoms with Crippen molar-refractivity contribution in [1.29, 1.82) is 10.5 Å². The second-order valence-corrected chi connectivity index (χ2v) is 21.1. The summed E-state index contributed by atoms with van der Waals surface area (Å²) in [6.45, 7) is 44.5. The Morgan fingerprint density at radius 3 is 1.45 bits per heavy atom. The predicted molar refractivity (Wildman–Crippen MR) is 266 cm³/mol. The molecule has 2 aliphatic heterocycles. The lowest BCUT2D eigenvalue weighted by Gasteiger charge is -2.45. The monoisotopic (exact) mass is 1000 g/mol. The molecule has 23 heteroatoms. The molecule has 2 aromatic heterocycles. The molecule has 2 aliphatic rings. The zero-order valence-corrected chi connectivity index (χ0v) is 44.6. The number of aliphatic hydroxyl groups excluding tert-OH is 1. The van der Waals surface area contributed by atoms with E-state index in [9.17, 15) is 24.3 Å². The highest BCUT2D eigenvalue weighted by molar-refractivity contribution is 7.47. The van der Waals surface area contributed by atoms with Crippen molar-refractivity contribution in [2.75, 3.05) is 13.2 Å². The Morgan fingerprint density at radius 2 is 1.09 bits per heavy atom. The van der Waals surface area contributed by atoms with E-state index >= 15 is 0 Å². The molecule has 0 aromatic carbocycles. The van der Waals surface area contributed by atoms with E-state index in [1.54, 1.807) is 0 Å². The van der Waals surface area contributed by atoms with E-state index in [1.807, 2.05) is 13.8 Å². The third-order valence-electron chi connectivity index (χ3n) is 10.8. The first-order valence-electron chi connectivity index (χ1n) is 23.6. The Bertz CT molecular complexity index is 2260. The fourth-order valence-corrected chi connectivity index (χ4v) is 12.1. The summed E-state index contributed by atoms with van der Waals surface area (Å²) >= 11 is 0. The molecular weight excluding hydrogens is 929 g/mol. The van der Waals surface area contributed by atoms with E-state index in [4.69, 9.17) is 46.7 Å². The summed E-state index contributed by atoms with van der Waals surface area (Å²) in [6.07, 6.45) is 2.12. The molecule has 0 spiro atoms. The van der Waals surface area contributed by atoms with Crippen LogP contribution >= 0.6 is 17.0 Å². The largest absolute Gasteiger partial charge is 0.390 e. The standard InChI is InChI=1S/C20H30N5O5P.C15H32N3OP.C11H13N3O4/c1-7-16-17(30-31(28-10-8-9-21)25(13(2)3)14(4)5)11-18(29-16)24-12-15(22-6)19(26)23-20(24)27;1-12(2)17(13(3)4)20(19-11-9-10-16)18(14(5)6)15(7)8;1-3-8-7(15)4-9(18-8)14-5-6(12-2)10(16)13-11(14)17/h12-14,16-18H,7-8,10-11H2,1-5H3,(H,23,26,27);12-15H,9,11H2,1-8H3;5,7-9,15H,3-4H2,1H3,(H,13,16,17)/t16-,17?,18-,31?;;7?,8-,9-/m1.1/s1. The van der Waals surface area contributed by atoms with Crippen LogP contribution in [0.5, 0.6) is 0 Å². The topological polar surface area (TPSA) is 242 Å². The Balaban J connectivity index is 0.000000374. The van der Waals surface area contributed by atoms with Gasteiger partial charge in [-0.15, -0.1) is 0 Å². The van der Waals surface area contributed by atoms with Gasteiger partial charge in [-0.05, 0) is 95.9 Å². The van der Waals surface area contributed by atoms with Crippen molar-refractivity contribution >= 4 is 28.4 Å². The number of aromatic amines is 2. The van der Waals surface area contributed by atoms with E-state index < -0.39 is 58.0 Å². The second-order valence-electron chi connectivity index (χ2n) is 18.0. The van der Waals surface area contributed by atoms with Gasteiger partial charge in [-0.2, -0.15) is 10.5 Å². The van der Waals surface area contributed by atoms with Crippen LogP contribution in [0.25, 0.3) is 9.69 Å². The van der Waals surface area contributed by atoms with Crippen molar-refractivity contribution < 1.29 is 28.2 Å². The van der Waals surface area contributed by atoms with E-state index in [1.165, 1.54) is 17.0 Å². The highest BCUT2D eigenvalue weighted by Crippen LogP contribution is 2.51. The first kappa shape index (κ1) is 60.9. The molecule has 0 radical (unpaired) electrons. The average Bonchev–Trinajstić information content (AvgIpc) is 3.85. The molecule has 0 aliphatic carbocycles. The Kier molecular flexibility index (Phi) is 26.4. The molecule has 0 bridgehead atoms. The van der Waals surface area contributed by atoms with Crippen molar-refractivity contribution in [2.24, 2.45) is 0 Å². The van der Waals surface area contributed by atoms with Gasteiger partial charge in [0.25, 0.3) is 31.0 Å². The van der Waals surface area contributed by atoms with E-state index in [2.05, 4.69) is 129 Å². The van der Waals surface area contributed by atoms with Crippen LogP contribution in [0.15, 0.2) is 31.6 Å². The highest BCUT2D eigenvalue weighted by atomic mass is 31.2. The SMILES string of the molecule is CC(C)N(C(C)C)P(OCCC#N)N(C(C)C)C(C)C.[C-]#[N+]c1cn([C@H]2CC(O)[C@@H](CC)O2)c(=O)[nH]c1=O.[C-]#[N+]c1cn([C@H]2CC(OP(OCCC#N)N(C(C)C)C(C)C)[C@@H](CC)O2)c(=O)[nH]c1=O. The summed E-state index contributed by atoms with van der Waals surface area (Å²) in [4.78, 5) is 57.3. The normalized spacial score (nSPS) is 20.7. The van der Waals surface area contributed by atoms with Gasteiger partial charge < -0.3 is 28.2 Å². The second kappa shape index (κ2) is 29.9. The van der Waals surface area contributed by atoms with Gasteiger partial charge in [0, 0.05) is 61.5 Å². The quantitative estimate of drug-likeness (QED) is 0.0610. The van der Waals surface area contributed by atoms with Crippen LogP contribution in [0.4, 0.5) is 11.4 Å². The lowest BCUT2D eigenvalue weighted by molar-refractivity contribution is -0.0216. The number of nitrogens with one attached hydrogen (secondary N) is 2. The maximum atomic E-state index is 12.3. The van der Waals surface area contributed by atoms with Crippen LogP contribution in [0, 0.1) is 35.8 Å². The van der Waals surface area contributed by atoms with Gasteiger partial charge in [0.05, 0.1) is 75.8 Å². The minimum absolute atomic E-state index is 0.162. The van der Waals surface area contributed by atoms with Crippen LogP contribution in [0.2, 0.25) is 0 Å². The molecule has 0 saturated carbocycles. The number of ether oxygens (including phenoxy) is 2. The summed E-state index contributed by atoms with van der Waals surface area (Å²) in [5.41, 5.74) is -3.04. The zero-order chi connectivity index (χ0) is 52.3. The maximum absolute atomic E-state index is 12.3. The average molecular weight is 1000 g/mol. The molecule has 0 amide bonds. The number of aliphatic hydroxyl groups is 1. The Hall–Kier alpha value is -4.18. The molecule has 4 heterocycles. The number of nitriles is 2. The van der Waals surface area contributed by atoms with Crippen molar-refractivity contribution in [1.82, 2.24) is 33.1 Å². The number of hydrogen-bond donors (Lipinski definition) is 3. The van der Waals surface area contributed by atoms with Gasteiger partial charge >= 0.3 is 11.4 Å². The molecule has 7 atom stereocenters. The zero-order valence-electron chi connectivity index (χ0n) is 42.8. The van der Waals surface area contributed by atoms with Crippen molar-refractivity contribution in [3.05, 3.63) is 76.9 Å². The number of rotatable bonds is 21. The highest BCUT2D eigenvalue weighted by Gasteiger charge is 2.41. The van der Waals surface area contributed by atoms with E-state index in [-0.39, 0.29) is 61.2 Å². The smallest absolute Gasteiger partial charge is 0.328 e. The molecule has 2 saturated heterocycles. The van der Waals surface area contributed by atoms with Gasteiger partial charge in [-0.3, -0.25) is 28.7 Å². The third-order valence-corrected chi connectivity index (χ3v) is 16.0. The summed E-state index contributed by atoms with van der Waals surface area (Å²) < 4.78 is 39.5. The molecule has 2 fully saturated rings. The summed E-state index contributed by atoms with van der Waals surface area (Å²) in [5, 5.41) is 27.3. The number of H-pyrrole nitrogens is 2. The molecule has 2 aromatic rings. The Labute approximate surface area is 409 Å². The molecule has 69 heavy (non-hydrogen) atoms. The number of hydrogen-bond acceptors (Lipinski definition) is 15. The lowest BCUT2D eigenvalue weighted by atomic mass is 10.1. The van der Waals surface area contributed by atoms with Crippen molar-refractivity contribution in [3.8, 4) is 12.1 Å². The summed E-state index contributed by atoms with van der Waals surface area (Å²) in [5.74, 6) is 0. The van der Waals surface area contributed by atoms with Crippen molar-refractivity contribution in [3.63, 3.8) is 0 Å². The molecular formula is C46H75N11O10P2. The van der Waals surface area contributed by atoms with Gasteiger partial charge in [0.15, 0.2) is 8.45 Å². The maximum Gasteiger partial charge on any atom is 0.328 e. The minimum atomic E-state index is -1.46. The summed E-state index contributed by atoms with van der Waals surface area (Å²) in [7, 11) is -2.30. The fourth-order valence-electron chi connectivity index (χ4n) is 7.95. The summed E-state index contributed by atoms with van der Waals surface area (Å²) in [6, 6.07) is 6.25. The molecule has 21 nitrogen and oxygen atoms in total. The fraction of sp³-hybridized carbons (Fsp3) is 0.739. The van der Waals surface area contributed by atoms with Crippen LogP contribution in [-0.2, 0) is 23.0 Å². The van der Waals surface area contributed by atoms with Crippen molar-refractivity contribution in [2.45, 2.75) is 209 Å². The minimum Gasteiger partial charge on any atom is -0.390 e. The van der Waals surface area contributed by atoms with Crippen LogP contribution in [0.1, 0.15) is 148 Å². The van der Waals surface area contributed by atoms with Gasteiger partial charge in [0.1, 0.15) is 12.5 Å². The van der Waals surface area contributed by atoms with E-state index in [0.29, 0.717) is 56.5 Å². The Morgan fingerprint density at radius 1 is 0.696 bits per heavy atom. The predicted octanol–water partition coefficient (Wildman–Crippen LogP) is 7.97. The number of aromatic nitrogens is 4. The van der Waals surface area contributed by atoms with Crippen LogP contribution in [0.3, 0.4) is 0 Å². The number of nitrogens with zero attached hydrogens (tertiary/aromatic N) is 9.